The average molecular weight is 575 g/mol. The summed E-state index contributed by atoms with van der Waals surface area (Å²) in [6, 6.07) is 27.9. The lowest BCUT2D eigenvalue weighted by Crippen LogP contribution is -2.35. The van der Waals surface area contributed by atoms with E-state index in [-0.39, 0.29) is 0 Å². The summed E-state index contributed by atoms with van der Waals surface area (Å²) >= 11 is 7.07. The van der Waals surface area contributed by atoms with E-state index in [1.54, 1.807) is 14.2 Å². The van der Waals surface area contributed by atoms with E-state index in [2.05, 4.69) is 12.1 Å². The number of halogens is 1. The molecule has 0 amide bonds. The first-order chi connectivity index (χ1) is 20.4. The highest BCUT2D eigenvalue weighted by molar-refractivity contribution is 6.29. The van der Waals surface area contributed by atoms with Crippen molar-refractivity contribution in [1.29, 1.82) is 0 Å². The molecule has 2 heterocycles. The zero-order chi connectivity index (χ0) is 28.6. The maximum atomic E-state index is 11.9. The predicted molar refractivity (Wildman–Crippen MR) is 164 cm³/mol. The highest BCUT2D eigenvalue weighted by Gasteiger charge is 2.47. The first-order valence-corrected chi connectivity index (χ1v) is 14.3. The molecule has 0 spiro atoms. The van der Waals surface area contributed by atoms with Gasteiger partial charge in [-0.3, -0.25) is 0 Å². The molecule has 208 valence electrons. The van der Waals surface area contributed by atoms with Crippen molar-refractivity contribution in [2.45, 2.75) is 17.1 Å². The maximum Gasteiger partial charge on any atom is 0.192 e. The van der Waals surface area contributed by atoms with Crippen molar-refractivity contribution in [1.82, 2.24) is 0 Å². The normalized spacial score (nSPS) is 18.9. The predicted octanol–water partition coefficient (Wildman–Crippen LogP) is 7.55. The lowest BCUT2D eigenvalue weighted by atomic mass is 9.81. The molecule has 2 aliphatic heterocycles. The van der Waals surface area contributed by atoms with Crippen LogP contribution in [-0.2, 0) is 17.1 Å². The van der Waals surface area contributed by atoms with Crippen molar-refractivity contribution < 1.29 is 24.1 Å². The molecule has 5 aromatic carbocycles. The SMILES string of the molecule is COc1ccc(C2(c3ccc(OC)cc3)C=Cc3c4c(c5cc6c(cc5c3O2)OCC6)-c2ccccc2C4(O)Cl)cc1. The molecule has 0 saturated heterocycles. The van der Waals surface area contributed by atoms with Crippen LogP contribution in [0.15, 0.2) is 91.0 Å². The summed E-state index contributed by atoms with van der Waals surface area (Å²) in [5, 5.41) is 12.1. The fraction of sp³-hybridized carbons (Fsp3) is 0.167. The number of hydrogen-bond acceptors (Lipinski definition) is 5. The van der Waals surface area contributed by atoms with Gasteiger partial charge in [0.2, 0.25) is 0 Å². The second-order valence-electron chi connectivity index (χ2n) is 10.9. The molecule has 5 nitrogen and oxygen atoms in total. The maximum absolute atomic E-state index is 11.9. The summed E-state index contributed by atoms with van der Waals surface area (Å²) in [5.41, 5.74) is 5.91. The molecule has 5 aromatic rings. The second-order valence-corrected chi connectivity index (χ2v) is 11.4. The van der Waals surface area contributed by atoms with Crippen LogP contribution >= 0.6 is 11.6 Å². The van der Waals surface area contributed by atoms with Crippen LogP contribution in [0.5, 0.6) is 23.0 Å². The Hall–Kier alpha value is -4.45. The Labute approximate surface area is 248 Å². The smallest absolute Gasteiger partial charge is 0.192 e. The van der Waals surface area contributed by atoms with Crippen LogP contribution in [0.3, 0.4) is 0 Å². The van der Waals surface area contributed by atoms with E-state index in [1.807, 2.05) is 84.9 Å². The Morgan fingerprint density at radius 2 is 1.50 bits per heavy atom. The summed E-state index contributed by atoms with van der Waals surface area (Å²) in [6.07, 6.45) is 4.91. The fourth-order valence-electron chi connectivity index (χ4n) is 6.72. The van der Waals surface area contributed by atoms with Crippen molar-refractivity contribution >= 4 is 28.4 Å². The van der Waals surface area contributed by atoms with Gasteiger partial charge in [-0.1, -0.05) is 66.2 Å². The average Bonchev–Trinajstić information content (AvgIpc) is 3.59. The van der Waals surface area contributed by atoms with E-state index in [1.165, 1.54) is 0 Å². The summed E-state index contributed by atoms with van der Waals surface area (Å²) in [5.74, 6) is 3.01. The van der Waals surface area contributed by atoms with Gasteiger partial charge >= 0.3 is 0 Å². The zero-order valence-electron chi connectivity index (χ0n) is 23.1. The van der Waals surface area contributed by atoms with E-state index in [9.17, 15) is 5.11 Å². The van der Waals surface area contributed by atoms with Crippen molar-refractivity contribution in [2.75, 3.05) is 20.8 Å². The van der Waals surface area contributed by atoms with Gasteiger partial charge in [0, 0.05) is 39.6 Å². The molecule has 3 aliphatic rings. The van der Waals surface area contributed by atoms with Crippen molar-refractivity contribution in [3.05, 3.63) is 124 Å². The molecular weight excluding hydrogens is 548 g/mol. The molecule has 0 saturated carbocycles. The highest BCUT2D eigenvalue weighted by atomic mass is 35.5. The molecular formula is C36H27ClO5. The minimum Gasteiger partial charge on any atom is -0.497 e. The molecule has 0 radical (unpaired) electrons. The Morgan fingerprint density at radius 1 is 0.833 bits per heavy atom. The molecule has 6 heteroatoms. The number of benzene rings is 5. The van der Waals surface area contributed by atoms with Gasteiger partial charge in [0.15, 0.2) is 10.7 Å². The standard InChI is InChI=1S/C36H27ClO5/c1-39-24-11-7-22(8-12-24)35(23-9-13-25(40-2)14-10-23)17-15-27-33-32(26-5-3-4-6-30(26)36(33,37)38)28-19-21-16-18-41-31(21)20-29(28)34(27)42-35/h3-15,17,19-20,38H,16,18H2,1-2H3. The topological polar surface area (TPSA) is 57.2 Å². The summed E-state index contributed by atoms with van der Waals surface area (Å²) < 4.78 is 24.2. The van der Waals surface area contributed by atoms with Crippen LogP contribution < -0.4 is 18.9 Å². The number of aliphatic hydroxyl groups is 1. The highest BCUT2D eigenvalue weighted by Crippen LogP contribution is 2.59. The number of rotatable bonds is 4. The third kappa shape index (κ3) is 3.41. The monoisotopic (exact) mass is 574 g/mol. The van der Waals surface area contributed by atoms with Crippen molar-refractivity contribution in [3.63, 3.8) is 0 Å². The Balaban J connectivity index is 1.44. The van der Waals surface area contributed by atoms with Gasteiger partial charge in [0.05, 0.1) is 20.8 Å². The molecule has 1 N–H and O–H groups in total. The number of fused-ring (bicyclic) bond motifs is 9. The van der Waals surface area contributed by atoms with Gasteiger partial charge in [0.1, 0.15) is 23.0 Å². The number of hydrogen-bond donors (Lipinski definition) is 1. The second kappa shape index (κ2) is 9.02. The quantitative estimate of drug-likeness (QED) is 0.225. The molecule has 1 unspecified atom stereocenters. The number of alkyl halides is 1. The molecule has 8 rings (SSSR count). The number of ether oxygens (including phenoxy) is 4. The minimum absolute atomic E-state index is 0.633. The Kier molecular flexibility index (Phi) is 5.43. The van der Waals surface area contributed by atoms with Crippen LogP contribution in [0.1, 0.15) is 33.4 Å². The van der Waals surface area contributed by atoms with Gasteiger partial charge in [-0.15, -0.1) is 0 Å². The van der Waals surface area contributed by atoms with Crippen LogP contribution in [0, 0.1) is 0 Å². The van der Waals surface area contributed by atoms with Crippen LogP contribution in [-0.4, -0.2) is 25.9 Å². The van der Waals surface area contributed by atoms with Gasteiger partial charge < -0.3 is 24.1 Å². The summed E-state index contributed by atoms with van der Waals surface area (Å²) in [4.78, 5) is 0. The van der Waals surface area contributed by atoms with E-state index in [0.717, 1.165) is 67.8 Å². The van der Waals surface area contributed by atoms with E-state index in [0.29, 0.717) is 23.5 Å². The molecule has 42 heavy (non-hydrogen) atoms. The minimum atomic E-state index is -1.71. The largest absolute Gasteiger partial charge is 0.497 e. The molecule has 0 aromatic heterocycles. The van der Waals surface area contributed by atoms with Crippen LogP contribution in [0.25, 0.3) is 28.0 Å². The van der Waals surface area contributed by atoms with Gasteiger partial charge in [-0.25, -0.2) is 0 Å². The Bertz CT molecular complexity index is 1880. The first kappa shape index (κ1) is 25.3. The zero-order valence-corrected chi connectivity index (χ0v) is 23.9. The van der Waals surface area contributed by atoms with Crippen LogP contribution in [0.2, 0.25) is 0 Å². The van der Waals surface area contributed by atoms with E-state index >= 15 is 0 Å². The van der Waals surface area contributed by atoms with Crippen molar-refractivity contribution in [2.24, 2.45) is 0 Å². The third-order valence-electron chi connectivity index (χ3n) is 8.78. The van der Waals surface area contributed by atoms with E-state index < -0.39 is 10.7 Å². The molecule has 0 fully saturated rings. The molecule has 1 atom stereocenters. The number of methoxy groups -OCH3 is 2. The molecule has 1 aliphatic carbocycles. The van der Waals surface area contributed by atoms with E-state index in [4.69, 9.17) is 30.5 Å². The lowest BCUT2D eigenvalue weighted by molar-refractivity contribution is 0.158. The fourth-order valence-corrected chi connectivity index (χ4v) is 7.08. The van der Waals surface area contributed by atoms with Gasteiger partial charge in [0.25, 0.3) is 0 Å². The van der Waals surface area contributed by atoms with Crippen molar-refractivity contribution in [3.8, 4) is 34.1 Å². The summed E-state index contributed by atoms with van der Waals surface area (Å²) in [6.45, 7) is 0.633. The third-order valence-corrected chi connectivity index (χ3v) is 9.17. The van der Waals surface area contributed by atoms with Gasteiger partial charge in [-0.2, -0.15) is 0 Å². The molecule has 0 bridgehead atoms. The van der Waals surface area contributed by atoms with Gasteiger partial charge in [-0.05, 0) is 64.6 Å². The summed E-state index contributed by atoms with van der Waals surface area (Å²) in [7, 11) is 3.31. The lowest BCUT2D eigenvalue weighted by Gasteiger charge is -2.38. The Morgan fingerprint density at radius 3 is 2.17 bits per heavy atom. The van der Waals surface area contributed by atoms with Crippen LogP contribution in [0.4, 0.5) is 0 Å². The first-order valence-electron chi connectivity index (χ1n) is 13.9.